The van der Waals surface area contributed by atoms with Crippen molar-refractivity contribution in [3.8, 4) is 11.5 Å². The monoisotopic (exact) mass is 517 g/mol. The molecule has 2 aromatic rings. The average Bonchev–Trinajstić information content (AvgIpc) is 2.82. The van der Waals surface area contributed by atoms with Gasteiger partial charge in [-0.15, -0.1) is 0 Å². The summed E-state index contributed by atoms with van der Waals surface area (Å²) in [5, 5.41) is 9.30. The molecule has 1 aliphatic rings. The molecule has 1 atom stereocenters. The molecule has 1 amide bonds. The molecule has 0 unspecified atom stereocenters. The van der Waals surface area contributed by atoms with Crippen molar-refractivity contribution in [3.05, 3.63) is 53.8 Å². The lowest BCUT2D eigenvalue weighted by Crippen LogP contribution is -2.45. The number of amides is 1. The molecule has 13 heteroatoms. The summed E-state index contributed by atoms with van der Waals surface area (Å²) in [4.78, 5) is 13.7. The van der Waals surface area contributed by atoms with Gasteiger partial charge < -0.3 is 14.7 Å². The predicted molar refractivity (Wildman–Crippen MR) is 118 cm³/mol. The highest BCUT2D eigenvalue weighted by Crippen LogP contribution is 2.30. The molecule has 1 aliphatic heterocycles. The van der Waals surface area contributed by atoms with Crippen LogP contribution in [0.1, 0.15) is 19.3 Å². The molecular weight excluding hydrogens is 491 g/mol. The molecule has 0 aliphatic carbocycles. The van der Waals surface area contributed by atoms with Crippen LogP contribution >= 0.6 is 0 Å². The van der Waals surface area contributed by atoms with Crippen LogP contribution in [0.15, 0.2) is 41.3 Å². The summed E-state index contributed by atoms with van der Waals surface area (Å²) in [6.45, 7) is 3.69. The predicted octanol–water partition coefficient (Wildman–Crippen LogP) is 2.55. The number of morpholine rings is 1. The number of nitrogens with one attached hydrogen (secondary N) is 2. The van der Waals surface area contributed by atoms with Crippen LogP contribution in [0.4, 0.5) is 13.2 Å². The lowest BCUT2D eigenvalue weighted by atomic mass is 10.1. The van der Waals surface area contributed by atoms with E-state index in [4.69, 9.17) is 9.47 Å². The van der Waals surface area contributed by atoms with Crippen LogP contribution in [-0.2, 0) is 19.6 Å². The topological polar surface area (TPSA) is 117 Å². The zero-order valence-electron chi connectivity index (χ0n) is 18.7. The smallest absolute Gasteiger partial charge is 0.264 e. The van der Waals surface area contributed by atoms with Crippen LogP contribution in [0, 0.1) is 17.5 Å². The van der Waals surface area contributed by atoms with Crippen molar-refractivity contribution in [3.63, 3.8) is 0 Å². The van der Waals surface area contributed by atoms with Crippen molar-refractivity contribution in [2.75, 3.05) is 32.8 Å². The number of hydrogen-bond donors (Lipinski definition) is 3. The van der Waals surface area contributed by atoms with Gasteiger partial charge in [-0.1, -0.05) is 6.42 Å². The van der Waals surface area contributed by atoms with Crippen LogP contribution in [-0.4, -0.2) is 63.3 Å². The standard InChI is InChI=1S/C22H26F3N3O6S/c23-15-4-6-16(7-5-15)34-21-18(24)13-17(14-19(21)25)35(31,32)27-22(29)20(26-30)3-1-2-8-28-9-11-33-12-10-28/h4-7,13-14,20,26,30H,1-3,8-12H2,(H,27,29)/t20-/m1/s1. The lowest BCUT2D eigenvalue weighted by molar-refractivity contribution is -0.124. The second kappa shape index (κ2) is 12.3. The quantitative estimate of drug-likeness (QED) is 0.308. The maximum atomic E-state index is 14.4. The Balaban J connectivity index is 1.60. The number of halogens is 3. The minimum Gasteiger partial charge on any atom is -0.451 e. The number of unbranched alkanes of at least 4 members (excludes halogenated alkanes) is 1. The molecule has 0 aromatic heterocycles. The van der Waals surface area contributed by atoms with Gasteiger partial charge in [0.1, 0.15) is 17.6 Å². The first-order valence-corrected chi connectivity index (χ1v) is 12.4. The Kier molecular flexibility index (Phi) is 9.46. The number of nitrogens with zero attached hydrogens (tertiary/aromatic N) is 1. The highest BCUT2D eigenvalue weighted by molar-refractivity contribution is 7.90. The summed E-state index contributed by atoms with van der Waals surface area (Å²) >= 11 is 0. The minimum absolute atomic E-state index is 0.0707. The van der Waals surface area contributed by atoms with Gasteiger partial charge in [0.2, 0.25) is 0 Å². The first-order valence-electron chi connectivity index (χ1n) is 10.9. The number of carbonyl (C=O) groups is 1. The minimum atomic E-state index is -4.66. The SMILES string of the molecule is O=C(NS(=O)(=O)c1cc(F)c(Oc2ccc(F)cc2)c(F)c1)[C@@H](CCCCN1CCOCC1)NO. The Labute approximate surface area is 200 Å². The van der Waals surface area contributed by atoms with Gasteiger partial charge in [-0.25, -0.2) is 26.3 Å². The highest BCUT2D eigenvalue weighted by atomic mass is 32.2. The fourth-order valence-corrected chi connectivity index (χ4v) is 4.48. The van der Waals surface area contributed by atoms with Gasteiger partial charge in [-0.05, 0) is 55.8 Å². The normalized spacial score (nSPS) is 15.5. The van der Waals surface area contributed by atoms with Crippen molar-refractivity contribution >= 4 is 15.9 Å². The van der Waals surface area contributed by atoms with Crippen molar-refractivity contribution in [1.82, 2.24) is 15.1 Å². The summed E-state index contributed by atoms with van der Waals surface area (Å²) in [6, 6.07) is 4.05. The Hall–Kier alpha value is -2.71. The van der Waals surface area contributed by atoms with Crippen LogP contribution in [0.2, 0.25) is 0 Å². The van der Waals surface area contributed by atoms with Crippen LogP contribution in [0.5, 0.6) is 11.5 Å². The van der Waals surface area contributed by atoms with Crippen LogP contribution in [0.25, 0.3) is 0 Å². The summed E-state index contributed by atoms with van der Waals surface area (Å²) < 4.78 is 79.0. The van der Waals surface area contributed by atoms with E-state index in [0.29, 0.717) is 38.2 Å². The number of carbonyl (C=O) groups excluding carboxylic acids is 1. The average molecular weight is 518 g/mol. The van der Waals surface area contributed by atoms with E-state index < -0.39 is 50.1 Å². The molecule has 2 aromatic carbocycles. The Morgan fingerprint density at radius 1 is 1.09 bits per heavy atom. The van der Waals surface area contributed by atoms with E-state index in [0.717, 1.165) is 43.9 Å². The summed E-state index contributed by atoms with van der Waals surface area (Å²) in [6.07, 6.45) is 1.36. The zero-order chi connectivity index (χ0) is 25.4. The molecule has 192 valence electrons. The molecule has 0 saturated carbocycles. The van der Waals surface area contributed by atoms with Crippen molar-refractivity contribution in [2.45, 2.75) is 30.2 Å². The second-order valence-corrected chi connectivity index (χ2v) is 9.56. The van der Waals surface area contributed by atoms with E-state index >= 15 is 0 Å². The van der Waals surface area contributed by atoms with E-state index in [9.17, 15) is 31.6 Å². The molecule has 0 bridgehead atoms. The highest BCUT2D eigenvalue weighted by Gasteiger charge is 2.27. The maximum Gasteiger partial charge on any atom is 0.264 e. The van der Waals surface area contributed by atoms with E-state index in [1.807, 2.05) is 0 Å². The molecular formula is C22H26F3N3O6S. The molecule has 1 saturated heterocycles. The third-order valence-corrected chi connectivity index (χ3v) is 6.67. The molecule has 9 nitrogen and oxygen atoms in total. The Bertz CT molecular complexity index is 1090. The molecule has 3 rings (SSSR count). The van der Waals surface area contributed by atoms with Gasteiger partial charge in [-0.2, -0.15) is 5.48 Å². The number of rotatable bonds is 11. The van der Waals surface area contributed by atoms with Gasteiger partial charge in [-0.3, -0.25) is 9.69 Å². The first-order chi connectivity index (χ1) is 16.7. The number of hydroxylamine groups is 1. The summed E-state index contributed by atoms with van der Waals surface area (Å²) in [7, 11) is -4.66. The maximum absolute atomic E-state index is 14.4. The van der Waals surface area contributed by atoms with Crippen molar-refractivity contribution < 1.29 is 41.1 Å². The zero-order valence-corrected chi connectivity index (χ0v) is 19.5. The Morgan fingerprint density at radius 3 is 2.31 bits per heavy atom. The number of ether oxygens (including phenoxy) is 2. The van der Waals surface area contributed by atoms with E-state index in [1.54, 1.807) is 10.2 Å². The number of benzene rings is 2. The fourth-order valence-electron chi connectivity index (χ4n) is 3.44. The van der Waals surface area contributed by atoms with E-state index in [-0.39, 0.29) is 12.2 Å². The van der Waals surface area contributed by atoms with Crippen LogP contribution < -0.4 is 14.9 Å². The first kappa shape index (κ1) is 26.9. The second-order valence-electron chi connectivity index (χ2n) is 7.87. The number of sulfonamides is 1. The molecule has 1 fully saturated rings. The number of hydrogen-bond acceptors (Lipinski definition) is 8. The largest absolute Gasteiger partial charge is 0.451 e. The third kappa shape index (κ3) is 7.64. The molecule has 0 spiro atoms. The van der Waals surface area contributed by atoms with Gasteiger partial charge in [0, 0.05) is 13.1 Å². The van der Waals surface area contributed by atoms with Crippen molar-refractivity contribution in [1.29, 1.82) is 0 Å². The molecule has 1 heterocycles. The van der Waals surface area contributed by atoms with Gasteiger partial charge in [0.15, 0.2) is 17.4 Å². The molecule has 3 N–H and O–H groups in total. The third-order valence-electron chi connectivity index (χ3n) is 5.34. The molecule has 0 radical (unpaired) electrons. The van der Waals surface area contributed by atoms with E-state index in [2.05, 4.69) is 4.90 Å². The van der Waals surface area contributed by atoms with Gasteiger partial charge in [0.25, 0.3) is 15.9 Å². The summed E-state index contributed by atoms with van der Waals surface area (Å²) in [5.41, 5.74) is 1.77. The lowest BCUT2D eigenvalue weighted by Gasteiger charge is -2.26. The van der Waals surface area contributed by atoms with E-state index in [1.165, 1.54) is 0 Å². The van der Waals surface area contributed by atoms with Crippen LogP contribution in [0.3, 0.4) is 0 Å². The van der Waals surface area contributed by atoms with Gasteiger partial charge in [0.05, 0.1) is 18.1 Å². The van der Waals surface area contributed by atoms with Crippen molar-refractivity contribution in [2.24, 2.45) is 0 Å². The fraction of sp³-hybridized carbons (Fsp3) is 0.409. The Morgan fingerprint density at radius 2 is 1.71 bits per heavy atom. The summed E-state index contributed by atoms with van der Waals surface area (Å²) in [5.74, 6) is -5.31. The van der Waals surface area contributed by atoms with Gasteiger partial charge >= 0.3 is 0 Å². The molecule has 35 heavy (non-hydrogen) atoms.